The third kappa shape index (κ3) is 7.71. The number of nitrogens with zero attached hydrogens (tertiary/aromatic N) is 4. The Labute approximate surface area is 266 Å². The van der Waals surface area contributed by atoms with Crippen LogP contribution in [0, 0.1) is 23.0 Å². The molecular weight excluding hydrogens is 629 g/mol. The number of hydrogen-bond acceptors (Lipinski definition) is 8. The first kappa shape index (κ1) is 33.0. The molecule has 3 aromatic rings. The first-order chi connectivity index (χ1) is 22.1. The SMILES string of the molecule is N=[N+]=N[C@H](C(=O)Nc1cncc(F)c1CCC1CN(C(=O)[O-])CC2(CCOCC2)O1)[C@@H](c1ccc(Cl)cc1)c1cc(F)cc(F)c1. The number of amides is 2. The van der Waals surface area contributed by atoms with Gasteiger partial charge in [-0.15, -0.1) is 0 Å². The second kappa shape index (κ2) is 14.4. The van der Waals surface area contributed by atoms with E-state index < -0.39 is 53.1 Å². The summed E-state index contributed by atoms with van der Waals surface area (Å²) >= 11 is 6.04. The van der Waals surface area contributed by atoms with E-state index in [2.05, 4.69) is 20.3 Å². The highest BCUT2D eigenvalue weighted by atomic mass is 35.5. The van der Waals surface area contributed by atoms with Crippen molar-refractivity contribution in [3.8, 4) is 0 Å². The van der Waals surface area contributed by atoms with E-state index >= 15 is 4.39 Å². The maximum absolute atomic E-state index is 15.2. The highest BCUT2D eigenvalue weighted by Crippen LogP contribution is 2.35. The zero-order valence-electron chi connectivity index (χ0n) is 24.4. The molecule has 0 saturated carbocycles. The van der Waals surface area contributed by atoms with E-state index in [1.165, 1.54) is 23.2 Å². The normalized spacial score (nSPS) is 18.8. The summed E-state index contributed by atoms with van der Waals surface area (Å²) in [5, 5.41) is 18.6. The molecule has 11 nitrogen and oxygen atoms in total. The molecule has 242 valence electrons. The summed E-state index contributed by atoms with van der Waals surface area (Å²) < 4.78 is 55.6. The van der Waals surface area contributed by atoms with Crippen LogP contribution in [-0.2, 0) is 20.7 Å². The molecule has 1 unspecified atom stereocenters. The van der Waals surface area contributed by atoms with Crippen LogP contribution in [0.1, 0.15) is 41.9 Å². The number of halogens is 4. The molecule has 1 aromatic heterocycles. The summed E-state index contributed by atoms with van der Waals surface area (Å²) in [7, 11) is 0. The summed E-state index contributed by atoms with van der Waals surface area (Å²) in [6, 6.07) is 7.40. The number of pyridine rings is 1. The zero-order valence-corrected chi connectivity index (χ0v) is 25.2. The molecule has 0 radical (unpaired) electrons. The standard InChI is InChI=1S/C31H30ClF3N6O5/c32-20-3-1-18(2-4-20)27(19-11-21(33)13-22(34)12-19)28(39-40-36)29(42)38-26-15-37-14-25(35)24(26)6-5-23-16-41(30(43)44)17-31(46-23)7-9-45-10-8-31/h1-4,11-15,23,27-28,36H,5-10,16-17H2,(H-,38,42,43,44)/t23?,27-,28-/m0/s1. The van der Waals surface area contributed by atoms with Gasteiger partial charge in [-0.2, -0.15) is 0 Å². The highest BCUT2D eigenvalue weighted by Gasteiger charge is 2.42. The Morgan fingerprint density at radius 2 is 1.83 bits per heavy atom. The molecule has 2 saturated heterocycles. The van der Waals surface area contributed by atoms with E-state index in [1.54, 1.807) is 12.1 Å². The number of nitrogens with one attached hydrogen (secondary N) is 2. The smallest absolute Gasteiger partial charge is 0.257 e. The molecule has 2 fully saturated rings. The molecular formula is C31H30ClF3N6O5. The largest absolute Gasteiger partial charge is 0.530 e. The van der Waals surface area contributed by atoms with Gasteiger partial charge in [0.25, 0.3) is 5.91 Å². The lowest BCUT2D eigenvalue weighted by atomic mass is 9.84. The molecule has 15 heteroatoms. The number of carboxylic acid groups (broad SMARTS) is 1. The van der Waals surface area contributed by atoms with E-state index in [1.807, 2.05) is 0 Å². The van der Waals surface area contributed by atoms with E-state index in [-0.39, 0.29) is 42.7 Å². The Bertz CT molecular complexity index is 1620. The molecule has 2 N–H and O–H groups in total. The van der Waals surface area contributed by atoms with Gasteiger partial charge in [-0.3, -0.25) is 9.78 Å². The number of hydrogen-bond donors (Lipinski definition) is 2. The lowest BCUT2D eigenvalue weighted by molar-refractivity contribution is -0.280. The quantitative estimate of drug-likeness (QED) is 0.257. The van der Waals surface area contributed by atoms with Gasteiger partial charge in [-0.25, -0.2) is 13.2 Å². The maximum atomic E-state index is 15.2. The van der Waals surface area contributed by atoms with Crippen LogP contribution in [-0.4, -0.2) is 65.9 Å². The molecule has 46 heavy (non-hydrogen) atoms. The van der Waals surface area contributed by atoms with E-state index in [0.717, 1.165) is 18.3 Å². The van der Waals surface area contributed by atoms with Crippen molar-refractivity contribution in [3.05, 3.63) is 94.0 Å². The van der Waals surface area contributed by atoms with Gasteiger partial charge in [0.2, 0.25) is 11.0 Å². The molecule has 2 amide bonds. The zero-order chi connectivity index (χ0) is 32.8. The molecule has 2 aliphatic rings. The molecule has 2 aromatic carbocycles. The number of anilines is 1. The Morgan fingerprint density at radius 1 is 1.13 bits per heavy atom. The summed E-state index contributed by atoms with van der Waals surface area (Å²) in [4.78, 5) is 33.7. The predicted octanol–water partition coefficient (Wildman–Crippen LogP) is 4.37. The van der Waals surface area contributed by atoms with Gasteiger partial charge >= 0.3 is 0 Å². The van der Waals surface area contributed by atoms with Crippen molar-refractivity contribution in [1.82, 2.24) is 14.8 Å². The first-order valence-electron chi connectivity index (χ1n) is 14.5. The van der Waals surface area contributed by atoms with Crippen molar-refractivity contribution in [2.24, 2.45) is 5.11 Å². The summed E-state index contributed by atoms with van der Waals surface area (Å²) in [6.45, 7) is 1.01. The van der Waals surface area contributed by atoms with E-state index in [4.69, 9.17) is 26.6 Å². The van der Waals surface area contributed by atoms with Crippen LogP contribution in [0.15, 0.2) is 60.0 Å². The predicted molar refractivity (Wildman–Crippen MR) is 156 cm³/mol. The highest BCUT2D eigenvalue weighted by molar-refractivity contribution is 6.30. The third-order valence-electron chi connectivity index (χ3n) is 8.20. The summed E-state index contributed by atoms with van der Waals surface area (Å²) in [6.07, 6.45) is 1.51. The molecule has 3 heterocycles. The van der Waals surface area contributed by atoms with Crippen molar-refractivity contribution >= 4 is 29.3 Å². The number of aromatic nitrogens is 1. The van der Waals surface area contributed by atoms with Crippen LogP contribution >= 0.6 is 11.6 Å². The van der Waals surface area contributed by atoms with Crippen molar-refractivity contribution < 1.29 is 37.3 Å². The molecule has 0 aliphatic carbocycles. The minimum absolute atomic E-state index is 0.0104. The van der Waals surface area contributed by atoms with Gasteiger partial charge in [0.15, 0.2) is 0 Å². The van der Waals surface area contributed by atoms with Gasteiger partial charge in [-0.1, -0.05) is 23.7 Å². The van der Waals surface area contributed by atoms with Gasteiger partial charge in [0.1, 0.15) is 34.2 Å². The van der Waals surface area contributed by atoms with Crippen molar-refractivity contribution in [1.29, 1.82) is 5.53 Å². The molecule has 2 aliphatic heterocycles. The minimum Gasteiger partial charge on any atom is -0.530 e. The number of carbonyl (C=O) groups excluding carboxylic acids is 2. The fourth-order valence-electron chi connectivity index (χ4n) is 6.05. The van der Waals surface area contributed by atoms with Crippen molar-refractivity contribution in [3.63, 3.8) is 0 Å². The summed E-state index contributed by atoms with van der Waals surface area (Å²) in [5.74, 6) is -4.49. The Hall–Kier alpha value is -4.36. The third-order valence-corrected chi connectivity index (χ3v) is 8.45. The van der Waals surface area contributed by atoms with Crippen molar-refractivity contribution in [2.45, 2.75) is 49.3 Å². The average Bonchev–Trinajstić information content (AvgIpc) is 3.01. The maximum Gasteiger partial charge on any atom is 0.257 e. The summed E-state index contributed by atoms with van der Waals surface area (Å²) in [5.41, 5.74) is 7.15. The Balaban J connectivity index is 1.41. The number of rotatable bonds is 9. The Kier molecular flexibility index (Phi) is 10.3. The second-order valence-electron chi connectivity index (χ2n) is 11.2. The average molecular weight is 659 g/mol. The fourth-order valence-corrected chi connectivity index (χ4v) is 6.17. The topological polar surface area (TPSA) is 154 Å². The lowest BCUT2D eigenvalue weighted by Gasteiger charge is -2.49. The van der Waals surface area contributed by atoms with Gasteiger partial charge in [0.05, 0.1) is 29.8 Å². The minimum atomic E-state index is -1.53. The Morgan fingerprint density at radius 3 is 2.48 bits per heavy atom. The number of ether oxygens (including phenoxy) is 2. The van der Waals surface area contributed by atoms with Crippen LogP contribution < -0.4 is 15.3 Å². The molecule has 3 atom stereocenters. The van der Waals surface area contributed by atoms with Gasteiger partial charge in [0, 0.05) is 61.7 Å². The van der Waals surface area contributed by atoms with Crippen molar-refractivity contribution in [2.75, 3.05) is 31.6 Å². The van der Waals surface area contributed by atoms with E-state index in [0.29, 0.717) is 42.7 Å². The molecule has 0 bridgehead atoms. The van der Waals surface area contributed by atoms with Crippen LogP contribution in [0.25, 0.3) is 0 Å². The van der Waals surface area contributed by atoms with E-state index in [9.17, 15) is 23.5 Å². The number of carbonyl (C=O) groups is 2. The lowest BCUT2D eigenvalue weighted by Crippen LogP contribution is -2.61. The van der Waals surface area contributed by atoms with Crippen LogP contribution in [0.2, 0.25) is 5.02 Å². The van der Waals surface area contributed by atoms with Crippen LogP contribution in [0.4, 0.5) is 23.7 Å². The first-order valence-corrected chi connectivity index (χ1v) is 14.9. The molecule has 1 spiro atoms. The van der Waals surface area contributed by atoms with Crippen LogP contribution in [0.5, 0.6) is 0 Å². The second-order valence-corrected chi connectivity index (χ2v) is 11.7. The van der Waals surface area contributed by atoms with Gasteiger partial charge in [-0.05, 0) is 48.2 Å². The number of benzene rings is 2. The van der Waals surface area contributed by atoms with Gasteiger partial charge < -0.3 is 29.6 Å². The van der Waals surface area contributed by atoms with Crippen LogP contribution in [0.3, 0.4) is 0 Å². The monoisotopic (exact) mass is 658 g/mol. The fraction of sp³-hybridized carbons (Fsp3) is 0.387. The number of morpholine rings is 1. The molecule has 5 rings (SSSR count).